The van der Waals surface area contributed by atoms with E-state index in [0.29, 0.717) is 12.4 Å². The van der Waals surface area contributed by atoms with Gasteiger partial charge in [0.15, 0.2) is 0 Å². The number of likely N-dealkylation sites (N-methyl/N-ethyl adjacent to an activating group) is 1. The van der Waals surface area contributed by atoms with Gasteiger partial charge in [-0.3, -0.25) is 0 Å². The van der Waals surface area contributed by atoms with E-state index in [-0.39, 0.29) is 5.56 Å². The van der Waals surface area contributed by atoms with Crippen molar-refractivity contribution in [3.8, 4) is 5.75 Å². The number of hydrogen-bond acceptors (Lipinski definition) is 4. The first kappa shape index (κ1) is 14.8. The minimum Gasteiger partial charge on any atom is -0.492 e. The predicted molar refractivity (Wildman–Crippen MR) is 77.4 cm³/mol. The predicted octanol–water partition coefficient (Wildman–Crippen LogP) is 1.45. The lowest BCUT2D eigenvalue weighted by Gasteiger charge is -2.15. The Morgan fingerprint density at radius 3 is 2.65 bits per heavy atom. The van der Waals surface area contributed by atoms with Gasteiger partial charge in [0.2, 0.25) is 0 Å². The summed E-state index contributed by atoms with van der Waals surface area (Å²) in [6, 6.07) is 7.28. The molecule has 110 valence electrons. The first-order valence-electron chi connectivity index (χ1n) is 7.04. The molecule has 1 aliphatic rings. The van der Waals surface area contributed by atoms with Crippen LogP contribution in [0.25, 0.3) is 0 Å². The Bertz CT molecular complexity index is 429. The van der Waals surface area contributed by atoms with Gasteiger partial charge in [0.25, 0.3) is 0 Å². The van der Waals surface area contributed by atoms with Crippen LogP contribution in [-0.4, -0.2) is 55.3 Å². The van der Waals surface area contributed by atoms with Crippen molar-refractivity contribution in [1.82, 2.24) is 10.2 Å². The Morgan fingerprint density at radius 2 is 2.05 bits per heavy atom. The number of carboxylic acids is 1. The van der Waals surface area contributed by atoms with Crippen LogP contribution in [0.2, 0.25) is 0 Å². The molecule has 0 aliphatic heterocycles. The van der Waals surface area contributed by atoms with Crippen LogP contribution in [0.15, 0.2) is 24.3 Å². The highest BCUT2D eigenvalue weighted by atomic mass is 16.5. The molecule has 1 aliphatic carbocycles. The molecule has 0 atom stereocenters. The minimum atomic E-state index is -0.919. The van der Waals surface area contributed by atoms with E-state index < -0.39 is 5.97 Å². The smallest absolute Gasteiger partial charge is 0.335 e. The molecule has 2 rings (SSSR count). The van der Waals surface area contributed by atoms with Crippen LogP contribution in [0.5, 0.6) is 5.75 Å². The zero-order chi connectivity index (χ0) is 14.4. The third-order valence-electron chi connectivity index (χ3n) is 3.46. The van der Waals surface area contributed by atoms with Gasteiger partial charge in [-0.2, -0.15) is 0 Å². The van der Waals surface area contributed by atoms with Crippen molar-refractivity contribution in [3.63, 3.8) is 0 Å². The summed E-state index contributed by atoms with van der Waals surface area (Å²) < 4.78 is 5.54. The number of aromatic carboxylic acids is 1. The normalized spacial score (nSPS) is 14.5. The molecule has 0 saturated heterocycles. The SMILES string of the molecule is CN(CCNCCOc1ccc(C(=O)O)cc1)C1CC1. The highest BCUT2D eigenvalue weighted by Gasteiger charge is 2.25. The van der Waals surface area contributed by atoms with Crippen LogP contribution in [-0.2, 0) is 0 Å². The van der Waals surface area contributed by atoms with Gasteiger partial charge >= 0.3 is 5.97 Å². The summed E-state index contributed by atoms with van der Waals surface area (Å²) in [6.45, 7) is 3.41. The molecule has 5 nitrogen and oxygen atoms in total. The highest BCUT2D eigenvalue weighted by molar-refractivity contribution is 5.87. The molecule has 0 amide bonds. The van der Waals surface area contributed by atoms with Crippen LogP contribution in [0.4, 0.5) is 0 Å². The summed E-state index contributed by atoms with van der Waals surface area (Å²) >= 11 is 0. The van der Waals surface area contributed by atoms with Crippen molar-refractivity contribution < 1.29 is 14.6 Å². The Balaban J connectivity index is 1.55. The van der Waals surface area contributed by atoms with Gasteiger partial charge < -0.3 is 20.1 Å². The summed E-state index contributed by atoms with van der Waals surface area (Å²) in [5, 5.41) is 12.1. The lowest BCUT2D eigenvalue weighted by Crippen LogP contribution is -2.32. The Kier molecular flexibility index (Phi) is 5.38. The zero-order valence-corrected chi connectivity index (χ0v) is 11.8. The maximum absolute atomic E-state index is 10.7. The number of ether oxygens (including phenoxy) is 1. The van der Waals surface area contributed by atoms with E-state index in [9.17, 15) is 4.79 Å². The number of nitrogens with zero attached hydrogens (tertiary/aromatic N) is 1. The van der Waals surface area contributed by atoms with E-state index in [2.05, 4.69) is 17.3 Å². The molecule has 0 spiro atoms. The molecule has 5 heteroatoms. The Morgan fingerprint density at radius 1 is 1.35 bits per heavy atom. The first-order chi connectivity index (χ1) is 9.66. The maximum atomic E-state index is 10.7. The zero-order valence-electron chi connectivity index (χ0n) is 11.8. The Hall–Kier alpha value is -1.59. The molecule has 1 aromatic rings. The van der Waals surface area contributed by atoms with Gasteiger partial charge in [0, 0.05) is 25.7 Å². The fraction of sp³-hybridized carbons (Fsp3) is 0.533. The van der Waals surface area contributed by atoms with Crippen LogP contribution in [0.3, 0.4) is 0 Å². The van der Waals surface area contributed by atoms with Crippen LogP contribution < -0.4 is 10.1 Å². The largest absolute Gasteiger partial charge is 0.492 e. The van der Waals surface area contributed by atoms with Gasteiger partial charge in [0.1, 0.15) is 12.4 Å². The van der Waals surface area contributed by atoms with Crippen molar-refractivity contribution in [1.29, 1.82) is 0 Å². The number of hydrogen-bond donors (Lipinski definition) is 2. The van der Waals surface area contributed by atoms with E-state index in [0.717, 1.165) is 25.7 Å². The Labute approximate surface area is 119 Å². The highest BCUT2D eigenvalue weighted by Crippen LogP contribution is 2.24. The number of rotatable bonds is 9. The lowest BCUT2D eigenvalue weighted by molar-refractivity contribution is 0.0697. The number of carbonyl (C=O) groups is 1. The van der Waals surface area contributed by atoms with Crippen LogP contribution >= 0.6 is 0 Å². The van der Waals surface area contributed by atoms with E-state index in [1.54, 1.807) is 24.3 Å². The second kappa shape index (κ2) is 7.26. The van der Waals surface area contributed by atoms with E-state index in [4.69, 9.17) is 9.84 Å². The van der Waals surface area contributed by atoms with E-state index in [1.807, 2.05) is 0 Å². The van der Waals surface area contributed by atoms with Crippen molar-refractivity contribution in [2.24, 2.45) is 0 Å². The average molecular weight is 278 g/mol. The number of nitrogens with one attached hydrogen (secondary N) is 1. The number of benzene rings is 1. The van der Waals surface area contributed by atoms with Crippen LogP contribution in [0, 0.1) is 0 Å². The van der Waals surface area contributed by atoms with E-state index >= 15 is 0 Å². The van der Waals surface area contributed by atoms with Crippen molar-refractivity contribution >= 4 is 5.97 Å². The lowest BCUT2D eigenvalue weighted by atomic mass is 10.2. The quantitative estimate of drug-likeness (QED) is 0.669. The standard InChI is InChI=1S/C15H22N2O3/c1-17(13-4-5-13)10-8-16-9-11-20-14-6-2-12(3-7-14)15(18)19/h2-3,6-7,13,16H,4-5,8-11H2,1H3,(H,18,19). The number of carboxylic acid groups (broad SMARTS) is 1. The molecule has 0 aromatic heterocycles. The topological polar surface area (TPSA) is 61.8 Å². The molecule has 0 heterocycles. The van der Waals surface area contributed by atoms with Crippen molar-refractivity contribution in [3.05, 3.63) is 29.8 Å². The summed E-state index contributed by atoms with van der Waals surface area (Å²) in [4.78, 5) is 13.1. The maximum Gasteiger partial charge on any atom is 0.335 e. The second-order valence-electron chi connectivity index (χ2n) is 5.14. The molecule has 20 heavy (non-hydrogen) atoms. The van der Waals surface area contributed by atoms with E-state index in [1.165, 1.54) is 12.8 Å². The van der Waals surface area contributed by atoms with Gasteiger partial charge in [0.05, 0.1) is 5.56 Å². The third kappa shape index (κ3) is 4.83. The molecule has 2 N–H and O–H groups in total. The van der Waals surface area contributed by atoms with Crippen LogP contribution in [0.1, 0.15) is 23.2 Å². The van der Waals surface area contributed by atoms with Crippen molar-refractivity contribution in [2.45, 2.75) is 18.9 Å². The minimum absolute atomic E-state index is 0.276. The molecule has 1 fully saturated rings. The van der Waals surface area contributed by atoms with Crippen molar-refractivity contribution in [2.75, 3.05) is 33.3 Å². The molecule has 1 saturated carbocycles. The summed E-state index contributed by atoms with van der Waals surface area (Å²) in [7, 11) is 2.17. The molecule has 0 radical (unpaired) electrons. The fourth-order valence-corrected chi connectivity index (χ4v) is 2.01. The van der Waals surface area contributed by atoms with Gasteiger partial charge in [-0.1, -0.05) is 0 Å². The second-order valence-corrected chi connectivity index (χ2v) is 5.14. The third-order valence-corrected chi connectivity index (χ3v) is 3.46. The monoisotopic (exact) mass is 278 g/mol. The summed E-state index contributed by atoms with van der Waals surface area (Å²) in [6.07, 6.45) is 2.68. The average Bonchev–Trinajstić information content (AvgIpc) is 3.27. The van der Waals surface area contributed by atoms with Gasteiger partial charge in [-0.05, 0) is 44.2 Å². The summed E-state index contributed by atoms with van der Waals surface area (Å²) in [5.41, 5.74) is 0.276. The molecule has 1 aromatic carbocycles. The van der Waals surface area contributed by atoms with Gasteiger partial charge in [-0.25, -0.2) is 4.79 Å². The summed E-state index contributed by atoms with van der Waals surface area (Å²) in [5.74, 6) is -0.218. The fourth-order valence-electron chi connectivity index (χ4n) is 2.01. The molecular formula is C15H22N2O3. The molecular weight excluding hydrogens is 256 g/mol. The molecule has 0 unspecified atom stereocenters. The first-order valence-corrected chi connectivity index (χ1v) is 7.04. The molecule has 0 bridgehead atoms. The van der Waals surface area contributed by atoms with Gasteiger partial charge in [-0.15, -0.1) is 0 Å².